The Hall–Kier alpha value is -0.390. The summed E-state index contributed by atoms with van der Waals surface area (Å²) in [6.45, 7) is 1.70. The van der Waals surface area contributed by atoms with Gasteiger partial charge in [0.25, 0.3) is 0 Å². The predicted molar refractivity (Wildman–Crippen MR) is 74.4 cm³/mol. The van der Waals surface area contributed by atoms with Crippen LogP contribution in [-0.2, 0) is 11.2 Å². The van der Waals surface area contributed by atoms with Gasteiger partial charge in [-0.1, -0.05) is 0 Å². The molecule has 0 aliphatic heterocycles. The average Bonchev–Trinajstić information content (AvgIpc) is 3.00. The van der Waals surface area contributed by atoms with E-state index in [4.69, 9.17) is 0 Å². The van der Waals surface area contributed by atoms with Crippen molar-refractivity contribution >= 4 is 33.2 Å². The van der Waals surface area contributed by atoms with Crippen LogP contribution in [0.15, 0.2) is 15.9 Å². The van der Waals surface area contributed by atoms with Crippen LogP contribution in [0, 0.1) is 0 Å². The van der Waals surface area contributed by atoms with Crippen molar-refractivity contribution in [1.82, 2.24) is 10.6 Å². The normalized spacial score (nSPS) is 14.9. The number of hydrogen-bond acceptors (Lipinski definition) is 3. The Morgan fingerprint density at radius 3 is 2.88 bits per heavy atom. The summed E-state index contributed by atoms with van der Waals surface area (Å²) in [6, 6.07) is 4.69. The fraction of sp³-hybridized carbons (Fsp3) is 0.583. The van der Waals surface area contributed by atoms with E-state index in [2.05, 4.69) is 38.7 Å². The van der Waals surface area contributed by atoms with Crippen LogP contribution in [0.2, 0.25) is 0 Å². The van der Waals surface area contributed by atoms with Gasteiger partial charge in [-0.25, -0.2) is 0 Å². The van der Waals surface area contributed by atoms with E-state index in [-0.39, 0.29) is 5.91 Å². The van der Waals surface area contributed by atoms with Crippen LogP contribution in [0.1, 0.15) is 24.1 Å². The smallest absolute Gasteiger partial charge is 0.221 e. The van der Waals surface area contributed by atoms with Gasteiger partial charge in [-0.3, -0.25) is 4.79 Å². The van der Waals surface area contributed by atoms with E-state index in [9.17, 15) is 4.79 Å². The van der Waals surface area contributed by atoms with Crippen molar-refractivity contribution in [1.29, 1.82) is 0 Å². The first-order valence-electron chi connectivity index (χ1n) is 5.98. The summed E-state index contributed by atoms with van der Waals surface area (Å²) < 4.78 is 1.18. The summed E-state index contributed by atoms with van der Waals surface area (Å²) in [5, 5.41) is 6.28. The van der Waals surface area contributed by atoms with Crippen molar-refractivity contribution < 1.29 is 4.79 Å². The van der Waals surface area contributed by atoms with Crippen LogP contribution in [-0.4, -0.2) is 25.0 Å². The molecule has 0 radical (unpaired) electrons. The van der Waals surface area contributed by atoms with Crippen LogP contribution in [0.4, 0.5) is 0 Å². The Bertz CT molecular complexity index is 376. The van der Waals surface area contributed by atoms with Crippen LogP contribution in [0.25, 0.3) is 0 Å². The number of thiophene rings is 1. The van der Waals surface area contributed by atoms with Gasteiger partial charge in [0.15, 0.2) is 0 Å². The standard InChI is InChI=1S/C12H17BrN2OS/c13-11-4-3-10(17-11)5-7-14-8-6-12(16)15-9-1-2-9/h3-4,9,14H,1-2,5-8H2,(H,15,16). The maximum absolute atomic E-state index is 11.4. The van der Waals surface area contributed by atoms with Crippen molar-refractivity contribution in [3.63, 3.8) is 0 Å². The fourth-order valence-electron chi connectivity index (χ4n) is 1.55. The highest BCUT2D eigenvalue weighted by Crippen LogP contribution is 2.22. The largest absolute Gasteiger partial charge is 0.353 e. The lowest BCUT2D eigenvalue weighted by molar-refractivity contribution is -0.121. The number of carbonyl (C=O) groups is 1. The molecule has 1 aliphatic rings. The summed E-state index contributed by atoms with van der Waals surface area (Å²) in [5.41, 5.74) is 0. The molecule has 3 nitrogen and oxygen atoms in total. The van der Waals surface area contributed by atoms with E-state index in [0.717, 1.165) is 32.4 Å². The van der Waals surface area contributed by atoms with Crippen molar-refractivity contribution in [3.8, 4) is 0 Å². The molecule has 0 aromatic carbocycles. The summed E-state index contributed by atoms with van der Waals surface area (Å²) in [6.07, 6.45) is 3.93. The number of amides is 1. The van der Waals surface area contributed by atoms with Crippen LogP contribution in [0.5, 0.6) is 0 Å². The minimum Gasteiger partial charge on any atom is -0.353 e. The van der Waals surface area contributed by atoms with Crippen molar-refractivity contribution in [3.05, 3.63) is 20.8 Å². The van der Waals surface area contributed by atoms with Crippen molar-refractivity contribution in [2.75, 3.05) is 13.1 Å². The quantitative estimate of drug-likeness (QED) is 0.758. The van der Waals surface area contributed by atoms with Gasteiger partial charge in [-0.15, -0.1) is 11.3 Å². The Kier molecular flexibility index (Phi) is 5.00. The molecule has 2 N–H and O–H groups in total. The zero-order valence-corrected chi connectivity index (χ0v) is 12.1. The summed E-state index contributed by atoms with van der Waals surface area (Å²) in [5.74, 6) is 0.180. The van der Waals surface area contributed by atoms with Gasteiger partial charge in [0, 0.05) is 23.9 Å². The maximum Gasteiger partial charge on any atom is 0.221 e. The highest BCUT2D eigenvalue weighted by atomic mass is 79.9. The van der Waals surface area contributed by atoms with Gasteiger partial charge < -0.3 is 10.6 Å². The molecular weight excluding hydrogens is 300 g/mol. The number of nitrogens with one attached hydrogen (secondary N) is 2. The molecule has 1 amide bonds. The Labute approximate surface area is 114 Å². The molecular formula is C12H17BrN2OS. The lowest BCUT2D eigenvalue weighted by Gasteiger charge is -2.04. The first-order chi connectivity index (χ1) is 8.24. The maximum atomic E-state index is 11.4. The summed E-state index contributed by atoms with van der Waals surface area (Å²) in [7, 11) is 0. The first-order valence-corrected chi connectivity index (χ1v) is 7.59. The number of rotatable bonds is 7. The Balaban J connectivity index is 1.49. The molecule has 1 heterocycles. The van der Waals surface area contributed by atoms with E-state index in [1.54, 1.807) is 11.3 Å². The van der Waals surface area contributed by atoms with Crippen LogP contribution < -0.4 is 10.6 Å². The Morgan fingerprint density at radius 1 is 1.41 bits per heavy atom. The van der Waals surface area contributed by atoms with Crippen LogP contribution in [0.3, 0.4) is 0 Å². The second-order valence-electron chi connectivity index (χ2n) is 4.30. The molecule has 1 aliphatic carbocycles. The van der Waals surface area contributed by atoms with E-state index < -0.39 is 0 Å². The molecule has 1 aromatic heterocycles. The zero-order valence-electron chi connectivity index (χ0n) is 9.67. The molecule has 0 atom stereocenters. The molecule has 1 fully saturated rings. The zero-order chi connectivity index (χ0) is 12.1. The van der Waals surface area contributed by atoms with Gasteiger partial charge in [-0.2, -0.15) is 0 Å². The highest BCUT2D eigenvalue weighted by Gasteiger charge is 2.22. The number of hydrogen-bond donors (Lipinski definition) is 2. The second-order valence-corrected chi connectivity index (χ2v) is 6.85. The Morgan fingerprint density at radius 2 is 2.24 bits per heavy atom. The minimum absolute atomic E-state index is 0.180. The second kappa shape index (κ2) is 6.52. The number of halogens is 1. The first kappa shape index (κ1) is 13.1. The highest BCUT2D eigenvalue weighted by molar-refractivity contribution is 9.11. The van der Waals surface area contributed by atoms with E-state index in [1.807, 2.05) is 0 Å². The van der Waals surface area contributed by atoms with Gasteiger partial charge in [0.2, 0.25) is 5.91 Å². The third kappa shape index (κ3) is 5.19. The third-order valence-corrected chi connectivity index (χ3v) is 4.33. The van der Waals surface area contributed by atoms with E-state index in [0.29, 0.717) is 12.5 Å². The van der Waals surface area contributed by atoms with Crippen LogP contribution >= 0.6 is 27.3 Å². The topological polar surface area (TPSA) is 41.1 Å². The van der Waals surface area contributed by atoms with Gasteiger partial charge in [-0.05, 0) is 53.9 Å². The molecule has 1 saturated carbocycles. The molecule has 0 spiro atoms. The molecule has 0 saturated heterocycles. The molecule has 5 heteroatoms. The fourth-order valence-corrected chi connectivity index (χ4v) is 3.03. The van der Waals surface area contributed by atoms with Gasteiger partial charge >= 0.3 is 0 Å². The van der Waals surface area contributed by atoms with E-state index >= 15 is 0 Å². The molecule has 17 heavy (non-hydrogen) atoms. The third-order valence-electron chi connectivity index (χ3n) is 2.65. The molecule has 94 valence electrons. The predicted octanol–water partition coefficient (Wildman–Crippen LogP) is 2.31. The molecule has 0 bridgehead atoms. The monoisotopic (exact) mass is 316 g/mol. The molecule has 1 aromatic rings. The van der Waals surface area contributed by atoms with Crippen molar-refractivity contribution in [2.24, 2.45) is 0 Å². The lowest BCUT2D eigenvalue weighted by Crippen LogP contribution is -2.29. The van der Waals surface area contributed by atoms with Crippen molar-refractivity contribution in [2.45, 2.75) is 31.7 Å². The lowest BCUT2D eigenvalue weighted by atomic mass is 10.3. The van der Waals surface area contributed by atoms with Gasteiger partial charge in [0.05, 0.1) is 3.79 Å². The summed E-state index contributed by atoms with van der Waals surface area (Å²) >= 11 is 5.21. The number of carbonyl (C=O) groups excluding carboxylic acids is 1. The SMILES string of the molecule is O=C(CCNCCc1ccc(Br)s1)NC1CC1. The summed E-state index contributed by atoms with van der Waals surface area (Å²) in [4.78, 5) is 12.7. The van der Waals surface area contributed by atoms with Gasteiger partial charge in [0.1, 0.15) is 0 Å². The average molecular weight is 317 g/mol. The molecule has 0 unspecified atom stereocenters. The minimum atomic E-state index is 0.180. The van der Waals surface area contributed by atoms with E-state index in [1.165, 1.54) is 8.66 Å². The molecule has 2 rings (SSSR count).